The molecular weight excluding hydrogens is 264 g/mol. The Morgan fingerprint density at radius 3 is 2.74 bits per heavy atom. The summed E-state index contributed by atoms with van der Waals surface area (Å²) < 4.78 is 5.02. The molecule has 0 bridgehead atoms. The highest BCUT2D eigenvalue weighted by molar-refractivity contribution is 7.13. The molecule has 1 heterocycles. The number of rotatable bonds is 7. The molecule has 108 valence electrons. The first kappa shape index (κ1) is 16.1. The number of nitrogens with one attached hydrogen (secondary N) is 1. The van der Waals surface area contributed by atoms with Gasteiger partial charge < -0.3 is 15.2 Å². The van der Waals surface area contributed by atoms with Crippen LogP contribution in [-0.2, 0) is 11.3 Å². The molecule has 2 N–H and O–H groups in total. The molecule has 6 heteroatoms. The van der Waals surface area contributed by atoms with Crippen LogP contribution in [0.2, 0.25) is 0 Å². The summed E-state index contributed by atoms with van der Waals surface area (Å²) in [6, 6.07) is -0.0233. The SMILES string of the molecule is COCc1nc(C)c(C(=O)NC(CCO)C(C)C)s1. The van der Waals surface area contributed by atoms with Gasteiger partial charge in [0.2, 0.25) is 0 Å². The van der Waals surface area contributed by atoms with Crippen molar-refractivity contribution in [2.45, 2.75) is 39.8 Å². The number of carbonyl (C=O) groups excluding carboxylic acids is 1. The van der Waals surface area contributed by atoms with Crippen molar-refractivity contribution in [3.8, 4) is 0 Å². The Kier molecular flexibility index (Phi) is 6.41. The summed E-state index contributed by atoms with van der Waals surface area (Å²) in [7, 11) is 1.60. The summed E-state index contributed by atoms with van der Waals surface area (Å²) in [5.41, 5.74) is 0.723. The van der Waals surface area contributed by atoms with E-state index in [1.807, 2.05) is 20.8 Å². The van der Waals surface area contributed by atoms with Gasteiger partial charge in [-0.05, 0) is 19.3 Å². The van der Waals surface area contributed by atoms with E-state index in [0.717, 1.165) is 10.7 Å². The van der Waals surface area contributed by atoms with Gasteiger partial charge >= 0.3 is 0 Å². The van der Waals surface area contributed by atoms with Crippen molar-refractivity contribution in [2.75, 3.05) is 13.7 Å². The number of aromatic nitrogens is 1. The molecule has 0 spiro atoms. The van der Waals surface area contributed by atoms with E-state index >= 15 is 0 Å². The molecule has 0 radical (unpaired) electrons. The zero-order valence-electron chi connectivity index (χ0n) is 11.9. The maximum absolute atomic E-state index is 12.2. The second-order valence-electron chi connectivity index (χ2n) is 4.79. The van der Waals surface area contributed by atoms with E-state index in [0.29, 0.717) is 17.9 Å². The zero-order chi connectivity index (χ0) is 14.4. The lowest BCUT2D eigenvalue weighted by Crippen LogP contribution is -2.39. The number of carbonyl (C=O) groups is 1. The van der Waals surface area contributed by atoms with Gasteiger partial charge in [-0.3, -0.25) is 4.79 Å². The predicted molar refractivity (Wildman–Crippen MR) is 75.4 cm³/mol. The van der Waals surface area contributed by atoms with Crippen LogP contribution in [0.15, 0.2) is 0 Å². The average molecular weight is 286 g/mol. The third-order valence-corrected chi connectivity index (χ3v) is 4.01. The molecule has 1 unspecified atom stereocenters. The van der Waals surface area contributed by atoms with Gasteiger partial charge in [-0.25, -0.2) is 4.98 Å². The quantitative estimate of drug-likeness (QED) is 0.801. The van der Waals surface area contributed by atoms with E-state index in [1.54, 1.807) is 7.11 Å². The number of ether oxygens (including phenoxy) is 1. The van der Waals surface area contributed by atoms with Crippen LogP contribution in [0, 0.1) is 12.8 Å². The maximum atomic E-state index is 12.2. The fourth-order valence-electron chi connectivity index (χ4n) is 1.79. The van der Waals surface area contributed by atoms with Gasteiger partial charge in [-0.1, -0.05) is 13.8 Å². The van der Waals surface area contributed by atoms with Gasteiger partial charge in [0.1, 0.15) is 9.88 Å². The molecule has 0 aliphatic rings. The second-order valence-corrected chi connectivity index (χ2v) is 5.88. The van der Waals surface area contributed by atoms with Gasteiger partial charge in [0, 0.05) is 19.8 Å². The molecule has 1 aromatic rings. The lowest BCUT2D eigenvalue weighted by Gasteiger charge is -2.21. The van der Waals surface area contributed by atoms with Crippen LogP contribution >= 0.6 is 11.3 Å². The molecule has 0 aliphatic heterocycles. The number of aliphatic hydroxyl groups excluding tert-OH is 1. The van der Waals surface area contributed by atoms with Gasteiger partial charge in [-0.15, -0.1) is 11.3 Å². The fraction of sp³-hybridized carbons (Fsp3) is 0.692. The summed E-state index contributed by atoms with van der Waals surface area (Å²) in [6.07, 6.45) is 0.562. The minimum absolute atomic E-state index is 0.0233. The largest absolute Gasteiger partial charge is 0.396 e. The molecule has 5 nitrogen and oxygen atoms in total. The highest BCUT2D eigenvalue weighted by Crippen LogP contribution is 2.19. The first-order valence-corrected chi connectivity index (χ1v) is 7.18. The second kappa shape index (κ2) is 7.57. The number of hydrogen-bond acceptors (Lipinski definition) is 5. The van der Waals surface area contributed by atoms with Gasteiger partial charge in [0.05, 0.1) is 12.3 Å². The lowest BCUT2D eigenvalue weighted by atomic mass is 10.0. The molecule has 0 saturated heterocycles. The Balaban J connectivity index is 2.76. The zero-order valence-corrected chi connectivity index (χ0v) is 12.7. The van der Waals surface area contributed by atoms with Crippen LogP contribution in [0.25, 0.3) is 0 Å². The van der Waals surface area contributed by atoms with Crippen LogP contribution in [0.1, 0.15) is 40.6 Å². The smallest absolute Gasteiger partial charge is 0.263 e. The summed E-state index contributed by atoms with van der Waals surface area (Å²) >= 11 is 1.35. The van der Waals surface area contributed by atoms with Crippen molar-refractivity contribution in [2.24, 2.45) is 5.92 Å². The van der Waals surface area contributed by atoms with Gasteiger partial charge in [-0.2, -0.15) is 0 Å². The molecule has 1 atom stereocenters. The summed E-state index contributed by atoms with van der Waals surface area (Å²) in [5.74, 6) is 0.160. The van der Waals surface area contributed by atoms with E-state index in [9.17, 15) is 4.79 Å². The fourth-order valence-corrected chi connectivity index (χ4v) is 2.73. The highest BCUT2D eigenvalue weighted by Gasteiger charge is 2.20. The van der Waals surface area contributed by atoms with Crippen molar-refractivity contribution >= 4 is 17.2 Å². The van der Waals surface area contributed by atoms with E-state index in [-0.39, 0.29) is 24.5 Å². The Hall–Kier alpha value is -0.980. The van der Waals surface area contributed by atoms with E-state index in [2.05, 4.69) is 10.3 Å². The van der Waals surface area contributed by atoms with Crippen molar-refractivity contribution in [3.63, 3.8) is 0 Å². The number of aliphatic hydroxyl groups is 1. The molecule has 0 saturated carbocycles. The number of methoxy groups -OCH3 is 1. The standard InChI is InChI=1S/C13H22N2O3S/c1-8(2)10(5-6-16)15-13(17)12-9(3)14-11(19-12)7-18-4/h8,10,16H,5-7H2,1-4H3,(H,15,17). The summed E-state index contributed by atoms with van der Waals surface area (Å²) in [6.45, 7) is 6.36. The number of hydrogen-bond donors (Lipinski definition) is 2. The Bertz CT molecular complexity index is 418. The first-order chi connectivity index (χ1) is 8.99. The van der Waals surface area contributed by atoms with Crippen LogP contribution in [0.4, 0.5) is 0 Å². The predicted octanol–water partition coefficient (Wildman–Crippen LogP) is 1.73. The topological polar surface area (TPSA) is 71.5 Å². The third-order valence-electron chi connectivity index (χ3n) is 2.88. The maximum Gasteiger partial charge on any atom is 0.263 e. The molecule has 0 aromatic carbocycles. The van der Waals surface area contributed by atoms with Crippen LogP contribution in [0.5, 0.6) is 0 Å². The van der Waals surface area contributed by atoms with Crippen molar-refractivity contribution in [1.29, 1.82) is 0 Å². The summed E-state index contributed by atoms with van der Waals surface area (Å²) in [4.78, 5) is 17.1. The number of thiazole rings is 1. The van der Waals surface area contributed by atoms with Crippen LogP contribution < -0.4 is 5.32 Å². The third kappa shape index (κ3) is 4.56. The first-order valence-electron chi connectivity index (χ1n) is 6.36. The molecule has 0 fully saturated rings. The van der Waals surface area contributed by atoms with Crippen molar-refractivity contribution in [3.05, 3.63) is 15.6 Å². The molecule has 1 rings (SSSR count). The Morgan fingerprint density at radius 1 is 1.53 bits per heavy atom. The Labute approximate surface area is 118 Å². The number of aryl methyl sites for hydroxylation is 1. The molecule has 19 heavy (non-hydrogen) atoms. The number of nitrogens with zero attached hydrogens (tertiary/aromatic N) is 1. The molecule has 0 aliphatic carbocycles. The van der Waals surface area contributed by atoms with Gasteiger partial charge in [0.15, 0.2) is 0 Å². The summed E-state index contributed by atoms with van der Waals surface area (Å²) in [5, 5.41) is 12.8. The number of amides is 1. The van der Waals surface area contributed by atoms with E-state index in [4.69, 9.17) is 9.84 Å². The Morgan fingerprint density at radius 2 is 2.21 bits per heavy atom. The van der Waals surface area contributed by atoms with E-state index in [1.165, 1.54) is 11.3 Å². The minimum atomic E-state index is -0.121. The average Bonchev–Trinajstić information content (AvgIpc) is 2.70. The minimum Gasteiger partial charge on any atom is -0.396 e. The van der Waals surface area contributed by atoms with Gasteiger partial charge in [0.25, 0.3) is 5.91 Å². The van der Waals surface area contributed by atoms with Crippen molar-refractivity contribution < 1.29 is 14.6 Å². The van der Waals surface area contributed by atoms with Crippen LogP contribution in [-0.4, -0.2) is 35.8 Å². The molecule has 1 amide bonds. The monoisotopic (exact) mass is 286 g/mol. The van der Waals surface area contributed by atoms with Crippen LogP contribution in [0.3, 0.4) is 0 Å². The lowest BCUT2D eigenvalue weighted by molar-refractivity contribution is 0.0920. The molecular formula is C13H22N2O3S. The van der Waals surface area contributed by atoms with E-state index < -0.39 is 0 Å². The molecule has 1 aromatic heterocycles. The normalized spacial score (nSPS) is 12.7. The van der Waals surface area contributed by atoms with Crippen molar-refractivity contribution in [1.82, 2.24) is 10.3 Å². The highest BCUT2D eigenvalue weighted by atomic mass is 32.1.